The summed E-state index contributed by atoms with van der Waals surface area (Å²) in [4.78, 5) is 18.6. The Balaban J connectivity index is 1.84. The van der Waals surface area contributed by atoms with Crippen LogP contribution in [-0.4, -0.2) is 37.2 Å². The molecule has 1 heterocycles. The summed E-state index contributed by atoms with van der Waals surface area (Å²) in [5, 5.41) is 0.678. The number of amidine groups is 1. The van der Waals surface area contributed by atoms with E-state index >= 15 is 0 Å². The molecule has 2 aromatic carbocycles. The van der Waals surface area contributed by atoms with Crippen LogP contribution in [0.1, 0.15) is 11.1 Å². The minimum absolute atomic E-state index is 0.0729. The van der Waals surface area contributed by atoms with Crippen LogP contribution in [0.3, 0.4) is 0 Å². The summed E-state index contributed by atoms with van der Waals surface area (Å²) in [6.45, 7) is 0.415. The average Bonchev–Trinajstić information content (AvgIpc) is 2.96. The van der Waals surface area contributed by atoms with Gasteiger partial charge in [0.15, 0.2) is 16.7 Å². The summed E-state index contributed by atoms with van der Waals surface area (Å²) in [7, 11) is 4.98. The Morgan fingerprint density at radius 2 is 1.93 bits per heavy atom. The van der Waals surface area contributed by atoms with Crippen molar-refractivity contribution in [2.75, 3.05) is 21.2 Å². The van der Waals surface area contributed by atoms with Crippen molar-refractivity contribution in [3.63, 3.8) is 0 Å². The van der Waals surface area contributed by atoms with Crippen LogP contribution in [0.2, 0.25) is 0 Å². The van der Waals surface area contributed by atoms with E-state index in [0.717, 1.165) is 20.1 Å². The normalized spacial score (nSPS) is 16.9. The second-order valence-electron chi connectivity index (χ2n) is 5.93. The van der Waals surface area contributed by atoms with Crippen LogP contribution in [0.15, 0.2) is 55.2 Å². The van der Waals surface area contributed by atoms with Crippen LogP contribution < -0.4 is 9.47 Å². The number of thioether (sulfide) groups is 1. The molecule has 0 bridgehead atoms. The number of carbonyl (C=O) groups excluding carboxylic acids is 1. The lowest BCUT2D eigenvalue weighted by molar-refractivity contribution is -0.121. The number of nitrogens with zero attached hydrogens (tertiary/aromatic N) is 2. The molecule has 0 N–H and O–H groups in total. The summed E-state index contributed by atoms with van der Waals surface area (Å²) in [6, 6.07) is 11.7. The molecule has 3 rings (SSSR count). The molecule has 8 heteroatoms. The lowest BCUT2D eigenvalue weighted by atomic mass is 10.1. The first-order valence-electron chi connectivity index (χ1n) is 8.32. The molecule has 28 heavy (non-hydrogen) atoms. The van der Waals surface area contributed by atoms with Crippen molar-refractivity contribution >= 4 is 60.8 Å². The van der Waals surface area contributed by atoms with Gasteiger partial charge in [0.2, 0.25) is 0 Å². The summed E-state index contributed by atoms with van der Waals surface area (Å²) in [5.74, 6) is 1.13. The monoisotopic (exact) mass is 524 g/mol. The molecule has 1 aliphatic rings. The van der Waals surface area contributed by atoms with E-state index in [-0.39, 0.29) is 5.91 Å². The van der Waals surface area contributed by atoms with Crippen LogP contribution in [0.25, 0.3) is 6.08 Å². The predicted octanol–water partition coefficient (Wildman–Crippen LogP) is 5.33. The number of hydrogen-bond donors (Lipinski definition) is 0. The molecule has 0 aliphatic carbocycles. The minimum atomic E-state index is -0.0729. The van der Waals surface area contributed by atoms with Crippen molar-refractivity contribution in [3.05, 3.63) is 61.4 Å². The van der Waals surface area contributed by atoms with E-state index in [1.807, 2.05) is 42.5 Å². The highest BCUT2D eigenvalue weighted by Crippen LogP contribution is 2.39. The highest BCUT2D eigenvalue weighted by molar-refractivity contribution is 9.10. The lowest BCUT2D eigenvalue weighted by Gasteiger charge is -2.14. The van der Waals surface area contributed by atoms with Gasteiger partial charge in [-0.25, -0.2) is 0 Å². The van der Waals surface area contributed by atoms with E-state index in [2.05, 4.69) is 36.9 Å². The molecule has 0 spiro atoms. The van der Waals surface area contributed by atoms with E-state index in [0.29, 0.717) is 28.2 Å². The van der Waals surface area contributed by atoms with Gasteiger partial charge in [-0.2, -0.15) is 0 Å². The van der Waals surface area contributed by atoms with Gasteiger partial charge in [-0.1, -0.05) is 28.1 Å². The molecule has 5 nitrogen and oxygen atoms in total. The van der Waals surface area contributed by atoms with E-state index in [9.17, 15) is 4.79 Å². The van der Waals surface area contributed by atoms with E-state index in [4.69, 9.17) is 9.47 Å². The number of hydrogen-bond acceptors (Lipinski definition) is 5. The molecule has 2 aromatic rings. The van der Waals surface area contributed by atoms with Crippen LogP contribution >= 0.6 is 43.6 Å². The number of benzene rings is 2. The second kappa shape index (κ2) is 9.15. The molecule has 0 atom stereocenters. The molecule has 0 saturated carbocycles. The summed E-state index contributed by atoms with van der Waals surface area (Å²) >= 11 is 8.33. The number of ether oxygens (including phenoxy) is 2. The third-order valence-electron chi connectivity index (χ3n) is 4.04. The first-order valence-corrected chi connectivity index (χ1v) is 10.7. The van der Waals surface area contributed by atoms with Crippen LogP contribution in [0.5, 0.6) is 11.5 Å². The van der Waals surface area contributed by atoms with E-state index < -0.39 is 0 Å². The van der Waals surface area contributed by atoms with Crippen molar-refractivity contribution in [1.29, 1.82) is 0 Å². The van der Waals surface area contributed by atoms with Crippen LogP contribution in [0.4, 0.5) is 0 Å². The lowest BCUT2D eigenvalue weighted by Crippen LogP contribution is -2.23. The molecule has 1 amide bonds. The smallest absolute Gasteiger partial charge is 0.266 e. The molecule has 0 aromatic heterocycles. The maximum Gasteiger partial charge on any atom is 0.266 e. The fourth-order valence-electron chi connectivity index (χ4n) is 2.60. The van der Waals surface area contributed by atoms with Gasteiger partial charge in [-0.15, -0.1) is 0 Å². The highest BCUT2D eigenvalue weighted by atomic mass is 79.9. The third-order valence-corrected chi connectivity index (χ3v) is 6.31. The SMILES string of the molecule is CN=C1S/C(=C/c2cc(Br)c(OCc3ccc(Br)cc3)c(OC)c2)C(=O)N1C. The molecule has 0 unspecified atom stereocenters. The zero-order chi connectivity index (χ0) is 20.3. The average molecular weight is 526 g/mol. The molecule has 0 radical (unpaired) electrons. The zero-order valence-electron chi connectivity index (χ0n) is 15.5. The Labute approximate surface area is 185 Å². The standard InChI is InChI=1S/C20H18Br2N2O3S/c1-23-20-24(2)19(25)17(28-20)10-13-8-15(22)18(16(9-13)26-3)27-11-12-4-6-14(21)7-5-12/h4-10H,11H2,1-3H3/b17-10+,23-20?. The Kier molecular flexibility index (Phi) is 6.85. The van der Waals surface area contributed by atoms with E-state index in [1.165, 1.54) is 11.8 Å². The number of amides is 1. The number of rotatable bonds is 5. The second-order valence-corrected chi connectivity index (χ2v) is 8.71. The highest BCUT2D eigenvalue weighted by Gasteiger charge is 2.29. The number of likely N-dealkylation sites (N-methyl/N-ethyl adjacent to an activating group) is 1. The van der Waals surface area contributed by atoms with Gasteiger partial charge in [-0.3, -0.25) is 14.7 Å². The quantitative estimate of drug-likeness (QED) is 0.495. The summed E-state index contributed by atoms with van der Waals surface area (Å²) in [5.41, 5.74) is 1.88. The minimum Gasteiger partial charge on any atom is -0.493 e. The van der Waals surface area contributed by atoms with Crippen LogP contribution in [0, 0.1) is 0 Å². The number of carbonyl (C=O) groups is 1. The van der Waals surface area contributed by atoms with Gasteiger partial charge in [0.1, 0.15) is 6.61 Å². The summed E-state index contributed by atoms with van der Waals surface area (Å²) in [6.07, 6.45) is 1.83. The Hall–Kier alpha value is -1.77. The Morgan fingerprint density at radius 1 is 1.21 bits per heavy atom. The maximum absolute atomic E-state index is 12.4. The Morgan fingerprint density at radius 3 is 2.54 bits per heavy atom. The van der Waals surface area contributed by atoms with Gasteiger partial charge in [-0.05, 0) is 69.2 Å². The van der Waals surface area contributed by atoms with Gasteiger partial charge in [0.05, 0.1) is 16.5 Å². The third kappa shape index (κ3) is 4.61. The molecular weight excluding hydrogens is 508 g/mol. The topological polar surface area (TPSA) is 51.1 Å². The number of halogens is 2. The molecule has 1 saturated heterocycles. The molecule has 146 valence electrons. The first-order chi connectivity index (χ1) is 13.4. The van der Waals surface area contributed by atoms with Crippen molar-refractivity contribution in [2.24, 2.45) is 4.99 Å². The van der Waals surface area contributed by atoms with Crippen molar-refractivity contribution in [1.82, 2.24) is 4.90 Å². The molecule has 1 aliphatic heterocycles. The van der Waals surface area contributed by atoms with Gasteiger partial charge < -0.3 is 9.47 Å². The Bertz CT molecular complexity index is 959. The van der Waals surface area contributed by atoms with Crippen LogP contribution in [-0.2, 0) is 11.4 Å². The van der Waals surface area contributed by atoms with Crippen molar-refractivity contribution in [3.8, 4) is 11.5 Å². The number of methoxy groups -OCH3 is 1. The van der Waals surface area contributed by atoms with Gasteiger partial charge >= 0.3 is 0 Å². The molecule has 1 fully saturated rings. The fourth-order valence-corrected chi connectivity index (χ4v) is 4.37. The fraction of sp³-hybridized carbons (Fsp3) is 0.200. The van der Waals surface area contributed by atoms with E-state index in [1.54, 1.807) is 26.1 Å². The van der Waals surface area contributed by atoms with Crippen molar-refractivity contribution in [2.45, 2.75) is 6.61 Å². The first kappa shape index (κ1) is 21.0. The predicted molar refractivity (Wildman–Crippen MR) is 121 cm³/mol. The van der Waals surface area contributed by atoms with Gasteiger partial charge in [0.25, 0.3) is 5.91 Å². The van der Waals surface area contributed by atoms with Crippen molar-refractivity contribution < 1.29 is 14.3 Å². The maximum atomic E-state index is 12.4. The molecular formula is C20H18Br2N2O3S. The summed E-state index contributed by atoms with van der Waals surface area (Å²) < 4.78 is 13.3. The number of aliphatic imine (C=N–C) groups is 1. The van der Waals surface area contributed by atoms with Gasteiger partial charge in [0, 0.05) is 18.6 Å². The zero-order valence-corrected chi connectivity index (χ0v) is 19.5. The largest absolute Gasteiger partial charge is 0.493 e.